The van der Waals surface area contributed by atoms with Gasteiger partial charge in [-0.05, 0) is 60.7 Å². The lowest BCUT2D eigenvalue weighted by atomic mass is 10.0. The fraction of sp³-hybridized carbons (Fsp3) is 0.136. The molecule has 0 spiro atoms. The first-order valence-electron chi connectivity index (χ1n) is 8.51. The molecule has 4 heteroatoms. The van der Waals surface area contributed by atoms with Crippen molar-refractivity contribution in [2.75, 3.05) is 0 Å². The number of hydrogen-bond donors (Lipinski definition) is 0. The highest BCUT2D eigenvalue weighted by molar-refractivity contribution is 6.66. The van der Waals surface area contributed by atoms with E-state index in [1.807, 2.05) is 55.5 Å². The van der Waals surface area contributed by atoms with E-state index in [-0.39, 0.29) is 5.29 Å². The van der Waals surface area contributed by atoms with E-state index in [0.717, 1.165) is 40.9 Å². The molecular weight excluding hydrogens is 342 g/mol. The molecule has 26 heavy (non-hydrogen) atoms. The smallest absolute Gasteiger partial charge is 0.223 e. The van der Waals surface area contributed by atoms with Crippen molar-refractivity contribution in [2.24, 2.45) is 9.98 Å². The third-order valence-corrected chi connectivity index (χ3v) is 4.23. The zero-order chi connectivity index (χ0) is 18.4. The van der Waals surface area contributed by atoms with Crippen LogP contribution in [0.15, 0.2) is 94.7 Å². The second kappa shape index (κ2) is 8.54. The third-order valence-electron chi connectivity index (χ3n) is 4.06. The number of aliphatic imine (C=N–C) groups is 2. The summed E-state index contributed by atoms with van der Waals surface area (Å²) in [6.45, 7) is 5.90. The molecule has 3 nitrogen and oxygen atoms in total. The number of pyridine rings is 1. The summed E-state index contributed by atoms with van der Waals surface area (Å²) in [6.07, 6.45) is 10.1. The molecule has 0 fully saturated rings. The Bertz CT molecular complexity index is 921. The minimum Gasteiger partial charge on any atom is -0.256 e. The first-order valence-corrected chi connectivity index (χ1v) is 8.88. The normalized spacial score (nSPS) is 14.9. The lowest BCUT2D eigenvalue weighted by molar-refractivity contribution is 1.02. The van der Waals surface area contributed by atoms with Crippen LogP contribution in [-0.2, 0) is 0 Å². The molecule has 0 unspecified atom stereocenters. The molecule has 0 amide bonds. The van der Waals surface area contributed by atoms with Gasteiger partial charge in [-0.15, -0.1) is 0 Å². The van der Waals surface area contributed by atoms with Crippen molar-refractivity contribution >= 4 is 22.6 Å². The molecule has 0 aliphatic heterocycles. The van der Waals surface area contributed by atoms with Crippen LogP contribution in [0.5, 0.6) is 0 Å². The van der Waals surface area contributed by atoms with Gasteiger partial charge < -0.3 is 0 Å². The summed E-state index contributed by atoms with van der Waals surface area (Å²) in [7, 11) is 0. The highest BCUT2D eigenvalue weighted by atomic mass is 35.5. The summed E-state index contributed by atoms with van der Waals surface area (Å²) in [5, 5.41) is 0.176. The molecule has 1 aromatic heterocycles. The van der Waals surface area contributed by atoms with Crippen LogP contribution in [-0.4, -0.2) is 16.0 Å². The van der Waals surface area contributed by atoms with E-state index in [2.05, 4.69) is 33.7 Å². The standard InChI is InChI=1S/C22H20ClN3/c1-16(18-9-4-3-5-10-18)25-22(23)26-17(2)19-11-8-12-20(15-19)21-13-6-7-14-24-21/h4,6-15H,1,3,5H2,2H3/b25-22?,26-17+. The summed E-state index contributed by atoms with van der Waals surface area (Å²) < 4.78 is 0. The Morgan fingerprint density at radius 1 is 1.12 bits per heavy atom. The maximum absolute atomic E-state index is 6.23. The predicted octanol–water partition coefficient (Wildman–Crippen LogP) is 5.94. The SMILES string of the molecule is C=C(N=C(Cl)/N=C(\C)c1cccc(-c2ccccn2)c1)C1=CCCC=C1. The molecule has 1 aromatic carbocycles. The van der Waals surface area contributed by atoms with Gasteiger partial charge in [0.2, 0.25) is 5.29 Å². The minimum absolute atomic E-state index is 0.176. The second-order valence-corrected chi connectivity index (χ2v) is 6.30. The number of benzene rings is 1. The summed E-state index contributed by atoms with van der Waals surface area (Å²) >= 11 is 6.23. The van der Waals surface area contributed by atoms with E-state index in [1.54, 1.807) is 6.20 Å². The van der Waals surface area contributed by atoms with Gasteiger partial charge in [-0.25, -0.2) is 9.98 Å². The lowest BCUT2D eigenvalue weighted by Crippen LogP contribution is -1.99. The largest absolute Gasteiger partial charge is 0.256 e. The summed E-state index contributed by atoms with van der Waals surface area (Å²) in [6, 6.07) is 13.9. The average molecular weight is 362 g/mol. The van der Waals surface area contributed by atoms with Gasteiger partial charge >= 0.3 is 0 Å². The van der Waals surface area contributed by atoms with Crippen LogP contribution in [0, 0.1) is 0 Å². The Morgan fingerprint density at radius 2 is 2.00 bits per heavy atom. The van der Waals surface area contributed by atoms with E-state index in [0.29, 0.717) is 5.70 Å². The number of nitrogens with zero attached hydrogens (tertiary/aromatic N) is 3. The van der Waals surface area contributed by atoms with Crippen LogP contribution < -0.4 is 0 Å². The number of hydrogen-bond acceptors (Lipinski definition) is 2. The molecule has 130 valence electrons. The van der Waals surface area contributed by atoms with Crippen LogP contribution in [0.3, 0.4) is 0 Å². The molecule has 0 N–H and O–H groups in total. The third kappa shape index (κ3) is 4.64. The zero-order valence-corrected chi connectivity index (χ0v) is 15.4. The highest BCUT2D eigenvalue weighted by Gasteiger charge is 2.05. The first-order chi connectivity index (χ1) is 12.6. The van der Waals surface area contributed by atoms with Crippen molar-refractivity contribution in [2.45, 2.75) is 19.8 Å². The molecule has 0 atom stereocenters. The highest BCUT2D eigenvalue weighted by Crippen LogP contribution is 2.20. The maximum Gasteiger partial charge on any atom is 0.223 e. The van der Waals surface area contributed by atoms with Crippen molar-refractivity contribution in [3.05, 3.63) is 90.3 Å². The van der Waals surface area contributed by atoms with Gasteiger partial charge in [0.15, 0.2) is 0 Å². The van der Waals surface area contributed by atoms with Gasteiger partial charge in [0, 0.05) is 17.5 Å². The van der Waals surface area contributed by atoms with E-state index in [9.17, 15) is 0 Å². The minimum atomic E-state index is 0.176. The van der Waals surface area contributed by atoms with Gasteiger partial charge in [-0.2, -0.15) is 0 Å². The van der Waals surface area contributed by atoms with Gasteiger partial charge in [-0.1, -0.05) is 49.1 Å². The molecule has 1 heterocycles. The second-order valence-electron chi connectivity index (χ2n) is 5.96. The Hall–Kier alpha value is -2.78. The van der Waals surface area contributed by atoms with Crippen molar-refractivity contribution in [1.82, 2.24) is 4.98 Å². The summed E-state index contributed by atoms with van der Waals surface area (Å²) in [5.41, 5.74) is 5.35. The number of rotatable bonds is 4. The molecule has 2 aromatic rings. The average Bonchev–Trinajstić information content (AvgIpc) is 2.69. The monoisotopic (exact) mass is 361 g/mol. The summed E-state index contributed by atoms with van der Waals surface area (Å²) in [4.78, 5) is 13.1. The Balaban J connectivity index is 1.81. The number of aromatic nitrogens is 1. The fourth-order valence-corrected chi connectivity index (χ4v) is 2.90. The molecule has 1 aliphatic carbocycles. The van der Waals surface area contributed by atoms with Crippen molar-refractivity contribution in [1.29, 1.82) is 0 Å². The predicted molar refractivity (Wildman–Crippen MR) is 111 cm³/mol. The van der Waals surface area contributed by atoms with E-state index in [4.69, 9.17) is 11.6 Å². The topological polar surface area (TPSA) is 37.6 Å². The molecular formula is C22H20ClN3. The lowest BCUT2D eigenvalue weighted by Gasteiger charge is -2.07. The quantitative estimate of drug-likeness (QED) is 0.377. The van der Waals surface area contributed by atoms with Gasteiger partial charge in [0.25, 0.3) is 0 Å². The van der Waals surface area contributed by atoms with E-state index in [1.165, 1.54) is 0 Å². The van der Waals surface area contributed by atoms with Gasteiger partial charge in [-0.3, -0.25) is 4.98 Å². The van der Waals surface area contributed by atoms with E-state index >= 15 is 0 Å². The zero-order valence-electron chi connectivity index (χ0n) is 14.7. The number of amidine groups is 1. The molecule has 0 bridgehead atoms. The van der Waals surface area contributed by atoms with Crippen molar-refractivity contribution in [3.63, 3.8) is 0 Å². The summed E-state index contributed by atoms with van der Waals surface area (Å²) in [5.74, 6) is 0. The van der Waals surface area contributed by atoms with E-state index < -0.39 is 0 Å². The first kappa shape index (κ1) is 18.0. The molecule has 0 radical (unpaired) electrons. The maximum atomic E-state index is 6.23. The molecule has 0 saturated heterocycles. The van der Waals surface area contributed by atoms with Gasteiger partial charge in [0.05, 0.1) is 11.4 Å². The van der Waals surface area contributed by atoms with Crippen molar-refractivity contribution < 1.29 is 0 Å². The molecule has 0 saturated carbocycles. The Morgan fingerprint density at radius 3 is 2.73 bits per heavy atom. The number of halogens is 1. The van der Waals surface area contributed by atoms with Crippen LogP contribution >= 0.6 is 11.6 Å². The number of allylic oxidation sites excluding steroid dienone is 3. The van der Waals surface area contributed by atoms with Gasteiger partial charge in [0.1, 0.15) is 0 Å². The van der Waals surface area contributed by atoms with Crippen LogP contribution in [0.4, 0.5) is 0 Å². The van der Waals surface area contributed by atoms with Crippen LogP contribution in [0.25, 0.3) is 11.3 Å². The van der Waals surface area contributed by atoms with Crippen LogP contribution in [0.2, 0.25) is 0 Å². The molecule has 3 rings (SSSR count). The Kier molecular flexibility index (Phi) is 5.92. The van der Waals surface area contributed by atoms with Crippen molar-refractivity contribution in [3.8, 4) is 11.3 Å². The fourth-order valence-electron chi connectivity index (χ4n) is 2.67. The molecule has 1 aliphatic rings. The van der Waals surface area contributed by atoms with Crippen LogP contribution in [0.1, 0.15) is 25.3 Å². The Labute approximate surface area is 159 Å².